The number of rotatable bonds is 7. The Labute approximate surface area is 172 Å². The highest BCUT2D eigenvalue weighted by Crippen LogP contribution is 2.20. The number of carboxylic acid groups (broad SMARTS) is 1. The smallest absolute Gasteiger partial charge is 0.408 e. The second-order valence-corrected chi connectivity index (χ2v) is 8.01. The third-order valence-electron chi connectivity index (χ3n) is 4.30. The van der Waals surface area contributed by atoms with E-state index in [9.17, 15) is 9.59 Å². The number of aliphatic carboxylic acids is 1. The number of hydrogen-bond acceptors (Lipinski definition) is 3. The lowest BCUT2D eigenvalue weighted by atomic mass is 10.00. The summed E-state index contributed by atoms with van der Waals surface area (Å²) < 4.78 is 5.30. The van der Waals surface area contributed by atoms with E-state index in [-0.39, 0.29) is 5.57 Å². The lowest BCUT2D eigenvalue weighted by Gasteiger charge is -2.22. The van der Waals surface area contributed by atoms with Crippen molar-refractivity contribution in [1.82, 2.24) is 5.32 Å². The first kappa shape index (κ1) is 22.2. The number of benzene rings is 2. The average molecular weight is 395 g/mol. The highest BCUT2D eigenvalue weighted by atomic mass is 16.6. The van der Waals surface area contributed by atoms with E-state index in [1.165, 1.54) is 6.92 Å². The fraction of sp³-hybridized carbons (Fsp3) is 0.333. The molecule has 2 N–H and O–H groups in total. The molecule has 0 bridgehead atoms. The molecule has 0 aromatic heterocycles. The number of amides is 1. The Kier molecular flexibility index (Phi) is 7.59. The highest BCUT2D eigenvalue weighted by Gasteiger charge is 2.19. The first-order valence-corrected chi connectivity index (χ1v) is 9.69. The summed E-state index contributed by atoms with van der Waals surface area (Å²) in [5.41, 5.74) is 2.98. The largest absolute Gasteiger partial charge is 0.478 e. The van der Waals surface area contributed by atoms with Crippen LogP contribution in [0.25, 0.3) is 11.1 Å². The number of nitrogens with one attached hydrogen (secondary N) is 1. The molecule has 1 atom stereocenters. The monoisotopic (exact) mass is 395 g/mol. The summed E-state index contributed by atoms with van der Waals surface area (Å²) in [4.78, 5) is 23.3. The molecule has 5 nitrogen and oxygen atoms in total. The van der Waals surface area contributed by atoms with E-state index in [0.29, 0.717) is 12.8 Å². The Hall–Kier alpha value is -3.08. The van der Waals surface area contributed by atoms with Gasteiger partial charge in [0.2, 0.25) is 0 Å². The van der Waals surface area contributed by atoms with Crippen molar-refractivity contribution in [2.24, 2.45) is 0 Å². The molecule has 5 heteroatoms. The summed E-state index contributed by atoms with van der Waals surface area (Å²) in [6.45, 7) is 6.87. The van der Waals surface area contributed by atoms with Gasteiger partial charge in [-0.1, -0.05) is 60.7 Å². The van der Waals surface area contributed by atoms with Gasteiger partial charge in [0.25, 0.3) is 0 Å². The van der Waals surface area contributed by atoms with E-state index in [2.05, 4.69) is 41.7 Å². The predicted molar refractivity (Wildman–Crippen MR) is 115 cm³/mol. The summed E-state index contributed by atoms with van der Waals surface area (Å²) in [6.07, 6.45) is 2.26. The topological polar surface area (TPSA) is 75.6 Å². The molecule has 0 aliphatic rings. The van der Waals surface area contributed by atoms with Crippen LogP contribution in [0.4, 0.5) is 4.79 Å². The molecule has 0 fully saturated rings. The van der Waals surface area contributed by atoms with E-state index >= 15 is 0 Å². The van der Waals surface area contributed by atoms with Crippen LogP contribution < -0.4 is 5.32 Å². The van der Waals surface area contributed by atoms with Crippen LogP contribution in [0.3, 0.4) is 0 Å². The normalized spacial score (nSPS) is 12.9. The molecule has 2 aromatic carbocycles. The van der Waals surface area contributed by atoms with Crippen LogP contribution >= 0.6 is 0 Å². The van der Waals surface area contributed by atoms with Crippen molar-refractivity contribution < 1.29 is 19.4 Å². The summed E-state index contributed by atoms with van der Waals surface area (Å²) >= 11 is 0. The van der Waals surface area contributed by atoms with Gasteiger partial charge in [-0.25, -0.2) is 9.59 Å². The second kappa shape index (κ2) is 9.92. The second-order valence-electron chi connectivity index (χ2n) is 8.01. The van der Waals surface area contributed by atoms with Crippen molar-refractivity contribution in [3.05, 3.63) is 71.8 Å². The minimum Gasteiger partial charge on any atom is -0.478 e. The zero-order chi connectivity index (χ0) is 21.4. The summed E-state index contributed by atoms with van der Waals surface area (Å²) in [5, 5.41) is 11.9. The van der Waals surface area contributed by atoms with Gasteiger partial charge in [0.15, 0.2) is 0 Å². The Bertz CT molecular complexity index is 849. The van der Waals surface area contributed by atoms with Gasteiger partial charge in [-0.2, -0.15) is 0 Å². The van der Waals surface area contributed by atoms with Crippen molar-refractivity contribution in [3.63, 3.8) is 0 Å². The minimum atomic E-state index is -1.01. The molecular weight excluding hydrogens is 366 g/mol. The number of hydrogen-bond donors (Lipinski definition) is 2. The number of carbonyl (C=O) groups excluding carboxylic acids is 1. The van der Waals surface area contributed by atoms with Crippen LogP contribution in [-0.2, 0) is 16.0 Å². The fourth-order valence-corrected chi connectivity index (χ4v) is 2.85. The van der Waals surface area contributed by atoms with E-state index in [0.717, 1.165) is 16.7 Å². The molecule has 29 heavy (non-hydrogen) atoms. The standard InChI is InChI=1S/C24H29NO4/c1-17(22(26)27)16-21(25-23(28)29-24(2,3)4)15-12-18-10-13-20(14-11-18)19-8-6-5-7-9-19/h5-11,13-14,16,21H,12,15H2,1-4H3,(H,25,28)(H,26,27)/b17-16+. The molecule has 154 valence electrons. The van der Waals surface area contributed by atoms with Gasteiger partial charge in [-0.15, -0.1) is 0 Å². The van der Waals surface area contributed by atoms with Gasteiger partial charge in [-0.3, -0.25) is 0 Å². The Morgan fingerprint density at radius 1 is 1.03 bits per heavy atom. The van der Waals surface area contributed by atoms with Gasteiger partial charge in [-0.05, 0) is 57.2 Å². The van der Waals surface area contributed by atoms with Crippen LogP contribution in [0.2, 0.25) is 0 Å². The van der Waals surface area contributed by atoms with Crippen molar-refractivity contribution in [3.8, 4) is 11.1 Å². The summed E-state index contributed by atoms with van der Waals surface area (Å²) in [6, 6.07) is 17.9. The molecular formula is C24H29NO4. The molecule has 1 amide bonds. The number of aryl methyl sites for hydroxylation is 1. The van der Waals surface area contributed by atoms with Crippen LogP contribution in [0.5, 0.6) is 0 Å². The van der Waals surface area contributed by atoms with E-state index in [1.54, 1.807) is 26.8 Å². The maximum atomic E-state index is 12.1. The van der Waals surface area contributed by atoms with E-state index < -0.39 is 23.7 Å². The molecule has 1 unspecified atom stereocenters. The maximum absolute atomic E-state index is 12.1. The van der Waals surface area contributed by atoms with Crippen LogP contribution in [0, 0.1) is 0 Å². The number of alkyl carbamates (subject to hydrolysis) is 1. The first-order chi connectivity index (χ1) is 13.6. The van der Waals surface area contributed by atoms with Gasteiger partial charge in [0, 0.05) is 5.57 Å². The zero-order valence-electron chi connectivity index (χ0n) is 17.4. The van der Waals surface area contributed by atoms with Crippen LogP contribution in [0.15, 0.2) is 66.2 Å². The number of carboxylic acids is 1. The van der Waals surface area contributed by atoms with E-state index in [4.69, 9.17) is 9.84 Å². The molecule has 2 rings (SSSR count). The van der Waals surface area contributed by atoms with Crippen molar-refractivity contribution in [2.45, 2.75) is 52.2 Å². The van der Waals surface area contributed by atoms with Gasteiger partial charge >= 0.3 is 12.1 Å². The Morgan fingerprint density at radius 2 is 1.62 bits per heavy atom. The highest BCUT2D eigenvalue weighted by molar-refractivity contribution is 5.86. The molecule has 0 spiro atoms. The average Bonchev–Trinajstić information content (AvgIpc) is 2.65. The maximum Gasteiger partial charge on any atom is 0.408 e. The van der Waals surface area contributed by atoms with Crippen LogP contribution in [-0.4, -0.2) is 28.8 Å². The van der Waals surface area contributed by atoms with E-state index in [1.807, 2.05) is 18.2 Å². The van der Waals surface area contributed by atoms with Gasteiger partial charge in [0.1, 0.15) is 5.60 Å². The van der Waals surface area contributed by atoms with Crippen molar-refractivity contribution in [2.75, 3.05) is 0 Å². The van der Waals surface area contributed by atoms with Crippen molar-refractivity contribution >= 4 is 12.1 Å². The molecule has 0 aliphatic heterocycles. The Balaban J connectivity index is 2.05. The summed E-state index contributed by atoms with van der Waals surface area (Å²) in [7, 11) is 0. The molecule has 0 aliphatic carbocycles. The molecule has 0 saturated heterocycles. The SMILES string of the molecule is C/C(=C\C(CCc1ccc(-c2ccccc2)cc1)NC(=O)OC(C)(C)C)C(=O)O. The third kappa shape index (κ3) is 7.82. The number of ether oxygens (including phenoxy) is 1. The lowest BCUT2D eigenvalue weighted by molar-refractivity contribution is -0.132. The molecule has 0 saturated carbocycles. The quantitative estimate of drug-likeness (QED) is 0.631. The lowest BCUT2D eigenvalue weighted by Crippen LogP contribution is -2.38. The third-order valence-corrected chi connectivity index (χ3v) is 4.30. The van der Waals surface area contributed by atoms with Gasteiger partial charge in [0.05, 0.1) is 6.04 Å². The predicted octanol–water partition coefficient (Wildman–Crippen LogP) is 5.21. The fourth-order valence-electron chi connectivity index (χ4n) is 2.85. The Morgan fingerprint density at radius 3 is 2.17 bits per heavy atom. The summed E-state index contributed by atoms with van der Waals surface area (Å²) in [5.74, 6) is -1.01. The molecule has 0 radical (unpaired) electrons. The molecule has 0 heterocycles. The van der Waals surface area contributed by atoms with Gasteiger partial charge < -0.3 is 15.2 Å². The minimum absolute atomic E-state index is 0.186. The number of carbonyl (C=O) groups is 2. The van der Waals surface area contributed by atoms with Crippen LogP contribution in [0.1, 0.15) is 39.7 Å². The zero-order valence-corrected chi connectivity index (χ0v) is 17.4. The first-order valence-electron chi connectivity index (χ1n) is 9.69. The molecule has 2 aromatic rings. The van der Waals surface area contributed by atoms with Crippen molar-refractivity contribution in [1.29, 1.82) is 0 Å².